The first-order valence-corrected chi connectivity index (χ1v) is 9.91. The van der Waals surface area contributed by atoms with Gasteiger partial charge in [0, 0.05) is 12.6 Å². The number of nitrogens with one attached hydrogen (secondary N) is 1. The second kappa shape index (κ2) is 10.5. The maximum atomic E-state index is 13.9. The number of amides is 1. The predicted octanol–water partition coefficient (Wildman–Crippen LogP) is 3.06. The summed E-state index contributed by atoms with van der Waals surface area (Å²) < 4.78 is 74.2. The van der Waals surface area contributed by atoms with E-state index in [1.807, 2.05) is 5.32 Å². The molecule has 1 heterocycles. The van der Waals surface area contributed by atoms with Gasteiger partial charge in [0.15, 0.2) is 11.9 Å². The number of anilines is 1. The molecule has 3 rings (SSSR count). The Morgan fingerprint density at radius 1 is 1.21 bits per heavy atom. The van der Waals surface area contributed by atoms with Crippen molar-refractivity contribution in [1.29, 1.82) is 0 Å². The number of carbonyl (C=O) groups is 1. The maximum Gasteiger partial charge on any atom is 0.350 e. The van der Waals surface area contributed by atoms with Crippen molar-refractivity contribution in [2.24, 2.45) is 0 Å². The lowest BCUT2D eigenvalue weighted by Crippen LogP contribution is -2.29. The number of nitrogens with zero attached hydrogens (tertiary/aromatic N) is 3. The molecule has 1 atom stereocenters. The van der Waals surface area contributed by atoms with E-state index < -0.39 is 66.0 Å². The van der Waals surface area contributed by atoms with Crippen molar-refractivity contribution in [3.8, 4) is 11.4 Å². The van der Waals surface area contributed by atoms with E-state index in [1.54, 1.807) is 6.92 Å². The van der Waals surface area contributed by atoms with E-state index in [9.17, 15) is 36.6 Å². The fourth-order valence-corrected chi connectivity index (χ4v) is 3.08. The van der Waals surface area contributed by atoms with Gasteiger partial charge >= 0.3 is 5.69 Å². The smallest absolute Gasteiger partial charge is 0.350 e. The van der Waals surface area contributed by atoms with Gasteiger partial charge in [0.25, 0.3) is 12.3 Å². The number of aliphatic hydroxyl groups excluding tert-OH is 1. The number of aliphatic hydroxyl groups is 1. The fourth-order valence-electron chi connectivity index (χ4n) is 3.08. The minimum absolute atomic E-state index is 0.0148. The third kappa shape index (κ3) is 4.93. The van der Waals surface area contributed by atoms with Crippen molar-refractivity contribution in [2.75, 3.05) is 12.0 Å². The minimum Gasteiger partial charge on any atom is -0.481 e. The molecule has 2 aromatic carbocycles. The third-order valence-corrected chi connectivity index (χ3v) is 4.76. The lowest BCUT2D eigenvalue weighted by atomic mass is 10.1. The highest BCUT2D eigenvalue weighted by atomic mass is 19.3. The van der Waals surface area contributed by atoms with Crippen molar-refractivity contribution in [1.82, 2.24) is 14.3 Å². The topological polar surface area (TPSA) is 98.4 Å². The van der Waals surface area contributed by atoms with Gasteiger partial charge in [-0.25, -0.2) is 26.7 Å². The van der Waals surface area contributed by atoms with E-state index in [-0.39, 0.29) is 18.1 Å². The van der Waals surface area contributed by atoms with Crippen LogP contribution >= 0.6 is 0 Å². The number of halogens is 5. The minimum atomic E-state index is -3.27. The Morgan fingerprint density at radius 2 is 1.88 bits per heavy atom. The van der Waals surface area contributed by atoms with Gasteiger partial charge in [-0.2, -0.15) is 4.68 Å². The maximum absolute atomic E-state index is 13.9. The number of benzene rings is 2. The van der Waals surface area contributed by atoms with Crippen LogP contribution in [0, 0.1) is 11.6 Å². The van der Waals surface area contributed by atoms with Gasteiger partial charge in [-0.15, -0.1) is 5.10 Å². The summed E-state index contributed by atoms with van der Waals surface area (Å²) >= 11 is 0. The first-order chi connectivity index (χ1) is 16.2. The van der Waals surface area contributed by atoms with Gasteiger partial charge in [-0.05, 0) is 31.2 Å². The van der Waals surface area contributed by atoms with Gasteiger partial charge in [0.05, 0.1) is 11.3 Å². The zero-order valence-corrected chi connectivity index (χ0v) is 17.6. The van der Waals surface area contributed by atoms with E-state index >= 15 is 0 Å². The molecule has 0 radical (unpaired) electrons. The van der Waals surface area contributed by atoms with Crippen molar-refractivity contribution in [2.45, 2.75) is 32.6 Å². The lowest BCUT2D eigenvalue weighted by molar-refractivity contribution is -0.00155. The van der Waals surface area contributed by atoms with Crippen LogP contribution in [0.4, 0.5) is 27.6 Å². The highest BCUT2D eigenvalue weighted by molar-refractivity contribution is 6.06. The summed E-state index contributed by atoms with van der Waals surface area (Å²) in [4.78, 5) is 25.3. The van der Waals surface area contributed by atoms with E-state index in [2.05, 4.69) is 5.10 Å². The van der Waals surface area contributed by atoms with E-state index in [0.717, 1.165) is 39.6 Å². The normalized spacial score (nSPS) is 12.1. The second-order valence-corrected chi connectivity index (χ2v) is 6.89. The molecular weight excluding hydrogens is 467 g/mol. The first-order valence-electron chi connectivity index (χ1n) is 9.91. The first kappa shape index (κ1) is 24.9. The Bertz CT molecular complexity index is 1220. The molecule has 0 bridgehead atoms. The molecule has 34 heavy (non-hydrogen) atoms. The van der Waals surface area contributed by atoms with E-state index in [0.29, 0.717) is 0 Å². The lowest BCUT2D eigenvalue weighted by Gasteiger charge is -2.18. The summed E-state index contributed by atoms with van der Waals surface area (Å²) in [5.74, 6) is -3.89. The van der Waals surface area contributed by atoms with Gasteiger partial charge < -0.3 is 15.2 Å². The molecular formula is C21H19F5N4O4. The molecule has 1 aromatic heterocycles. The number of hydrogen-bond acceptors (Lipinski definition) is 5. The zero-order valence-electron chi connectivity index (χ0n) is 17.6. The Labute approximate surface area is 189 Å². The average Bonchev–Trinajstić information content (AvgIpc) is 3.14. The Hall–Kier alpha value is -3.74. The molecule has 3 aromatic rings. The zero-order chi connectivity index (χ0) is 25.0. The molecule has 8 nitrogen and oxygen atoms in total. The standard InChI is InChI=1S/C21H19F5N4O4/c1-2-29-17(10-31)28-30(21(29)33)11-6-7-12(15(8-11)34-16(9-22)19(25)26)20(32)27-18-13(23)4-3-5-14(18)24/h3-8,16,19,31H,2,9-10H2,1H3,(H,27,32)/t16-/m0/s1. The summed E-state index contributed by atoms with van der Waals surface area (Å²) in [6, 6.07) is 6.07. The summed E-state index contributed by atoms with van der Waals surface area (Å²) in [6.45, 7) is -0.375. The molecule has 2 N–H and O–H groups in total. The van der Waals surface area contributed by atoms with Crippen molar-refractivity contribution in [3.05, 3.63) is 69.9 Å². The number of alkyl halides is 3. The van der Waals surface area contributed by atoms with Crippen LogP contribution in [0.25, 0.3) is 5.69 Å². The molecule has 0 saturated heterocycles. The molecule has 0 unspecified atom stereocenters. The van der Waals surface area contributed by atoms with Crippen LogP contribution in [0.2, 0.25) is 0 Å². The summed E-state index contributed by atoms with van der Waals surface area (Å²) in [5, 5.41) is 15.3. The van der Waals surface area contributed by atoms with Gasteiger partial charge in [-0.1, -0.05) is 6.07 Å². The van der Waals surface area contributed by atoms with E-state index in [1.165, 1.54) is 6.07 Å². The summed E-state index contributed by atoms with van der Waals surface area (Å²) in [5.41, 5.74) is -1.98. The summed E-state index contributed by atoms with van der Waals surface area (Å²) in [6.07, 6.45) is -5.53. The fraction of sp³-hybridized carbons (Fsp3) is 0.286. The second-order valence-electron chi connectivity index (χ2n) is 6.89. The molecule has 182 valence electrons. The van der Waals surface area contributed by atoms with Gasteiger partial charge in [0.2, 0.25) is 0 Å². The molecule has 0 saturated carbocycles. The molecule has 0 aliphatic carbocycles. The monoisotopic (exact) mass is 486 g/mol. The molecule has 0 aliphatic heterocycles. The van der Waals surface area contributed by atoms with Crippen LogP contribution in [0.3, 0.4) is 0 Å². The third-order valence-electron chi connectivity index (χ3n) is 4.76. The van der Waals surface area contributed by atoms with Crippen molar-refractivity contribution >= 4 is 11.6 Å². The van der Waals surface area contributed by atoms with Crippen LogP contribution < -0.4 is 15.7 Å². The van der Waals surface area contributed by atoms with Crippen LogP contribution in [-0.4, -0.2) is 44.6 Å². The molecule has 13 heteroatoms. The number of hydrogen-bond donors (Lipinski definition) is 2. The number of ether oxygens (including phenoxy) is 1. The Kier molecular flexibility index (Phi) is 7.66. The van der Waals surface area contributed by atoms with Crippen LogP contribution in [0.5, 0.6) is 5.75 Å². The number of para-hydroxylation sites is 1. The van der Waals surface area contributed by atoms with Crippen molar-refractivity contribution < 1.29 is 36.6 Å². The quantitative estimate of drug-likeness (QED) is 0.453. The average molecular weight is 486 g/mol. The molecule has 0 aliphatic rings. The van der Waals surface area contributed by atoms with Crippen molar-refractivity contribution in [3.63, 3.8) is 0 Å². The van der Waals surface area contributed by atoms with E-state index in [4.69, 9.17) is 4.74 Å². The molecule has 0 fully saturated rings. The number of carbonyl (C=O) groups excluding carboxylic acids is 1. The van der Waals surface area contributed by atoms with Gasteiger partial charge in [0.1, 0.15) is 36.4 Å². The summed E-state index contributed by atoms with van der Waals surface area (Å²) in [7, 11) is 0. The van der Waals surface area contributed by atoms with Gasteiger partial charge in [-0.3, -0.25) is 9.36 Å². The molecule has 1 amide bonds. The number of aromatic nitrogens is 3. The highest BCUT2D eigenvalue weighted by Gasteiger charge is 2.26. The van der Waals surface area contributed by atoms with Crippen LogP contribution in [0.1, 0.15) is 23.1 Å². The van der Waals surface area contributed by atoms with Crippen LogP contribution in [0.15, 0.2) is 41.2 Å². The molecule has 0 spiro atoms. The largest absolute Gasteiger partial charge is 0.481 e. The predicted molar refractivity (Wildman–Crippen MR) is 110 cm³/mol. The SMILES string of the molecule is CCn1c(CO)nn(-c2ccc(C(=O)Nc3c(F)cccc3F)c(O[C@@H](CF)C(F)F)c2)c1=O. The highest BCUT2D eigenvalue weighted by Crippen LogP contribution is 2.27. The Morgan fingerprint density at radius 3 is 2.41 bits per heavy atom. The Balaban J connectivity index is 2.09. The van der Waals surface area contributed by atoms with Crippen LogP contribution in [-0.2, 0) is 13.2 Å². The number of rotatable bonds is 9.